The zero-order chi connectivity index (χ0) is 21.0. The van der Waals surface area contributed by atoms with Gasteiger partial charge in [0, 0.05) is 54.5 Å². The van der Waals surface area contributed by atoms with Crippen molar-refractivity contribution in [3.05, 3.63) is 64.7 Å². The molecule has 2 heterocycles. The summed E-state index contributed by atoms with van der Waals surface area (Å²) in [5.41, 5.74) is 2.82. The summed E-state index contributed by atoms with van der Waals surface area (Å²) in [6.45, 7) is 3.65. The largest absolute Gasteiger partial charge is 0.393 e. The number of benzene rings is 2. The van der Waals surface area contributed by atoms with Crippen LogP contribution in [0.15, 0.2) is 48.5 Å². The van der Waals surface area contributed by atoms with E-state index in [1.54, 1.807) is 0 Å². The minimum absolute atomic E-state index is 0.0598. The second-order valence-corrected chi connectivity index (χ2v) is 8.78. The molecule has 2 aliphatic rings. The molecule has 0 aromatic heterocycles. The third kappa shape index (κ3) is 4.80. The van der Waals surface area contributed by atoms with Crippen molar-refractivity contribution in [1.82, 2.24) is 5.32 Å². The fourth-order valence-electron chi connectivity index (χ4n) is 4.43. The molecule has 2 N–H and O–H groups in total. The van der Waals surface area contributed by atoms with E-state index >= 15 is 0 Å². The Kier molecular flexibility index (Phi) is 6.61. The van der Waals surface area contributed by atoms with E-state index in [2.05, 4.69) is 22.3 Å². The van der Waals surface area contributed by atoms with Gasteiger partial charge in [0.2, 0.25) is 0 Å². The van der Waals surface area contributed by atoms with Crippen LogP contribution in [0.5, 0.6) is 0 Å². The molecular weight excluding hydrogens is 400 g/mol. The predicted octanol–water partition coefficient (Wildman–Crippen LogP) is 3.78. The Morgan fingerprint density at radius 3 is 2.33 bits per heavy atom. The summed E-state index contributed by atoms with van der Waals surface area (Å²) in [7, 11) is 0. The zero-order valence-electron chi connectivity index (χ0n) is 17.1. The molecule has 2 fully saturated rings. The van der Waals surface area contributed by atoms with Gasteiger partial charge in [-0.05, 0) is 67.6 Å². The third-order valence-electron chi connectivity index (χ3n) is 6.45. The molecule has 2 saturated heterocycles. The van der Waals surface area contributed by atoms with Gasteiger partial charge in [0.15, 0.2) is 0 Å². The number of aliphatic hydroxyl groups excluding tert-OH is 1. The Morgan fingerprint density at radius 1 is 1.07 bits per heavy atom. The topological polar surface area (TPSA) is 61.8 Å². The van der Waals surface area contributed by atoms with E-state index in [0.29, 0.717) is 30.3 Å². The highest BCUT2D eigenvalue weighted by molar-refractivity contribution is 6.30. The normalized spacial score (nSPS) is 19.5. The van der Waals surface area contributed by atoms with E-state index in [-0.39, 0.29) is 17.4 Å². The van der Waals surface area contributed by atoms with Gasteiger partial charge in [0.05, 0.1) is 6.10 Å². The lowest BCUT2D eigenvalue weighted by Gasteiger charge is -2.38. The maximum atomic E-state index is 12.8. The Hall–Kier alpha value is -2.08. The van der Waals surface area contributed by atoms with Crippen molar-refractivity contribution in [3.63, 3.8) is 0 Å². The van der Waals surface area contributed by atoms with E-state index in [0.717, 1.165) is 44.5 Å². The second kappa shape index (κ2) is 9.38. The molecule has 0 spiro atoms. The van der Waals surface area contributed by atoms with E-state index in [1.807, 2.05) is 36.4 Å². The second-order valence-electron chi connectivity index (χ2n) is 8.35. The van der Waals surface area contributed by atoms with E-state index in [4.69, 9.17) is 16.3 Å². The van der Waals surface area contributed by atoms with Crippen molar-refractivity contribution in [3.8, 4) is 0 Å². The standard InChI is InChI=1S/C24H29ClN2O3/c25-20-5-3-19(4-6-20)24(11-15-30-16-12-24)17-26-23(29)18-1-7-21(8-2-18)27-13-9-22(28)10-14-27/h1-8,22,28H,9-17H2,(H,26,29). The average molecular weight is 429 g/mol. The Labute approximate surface area is 183 Å². The Morgan fingerprint density at radius 2 is 1.70 bits per heavy atom. The first kappa shape index (κ1) is 21.2. The molecule has 2 aromatic carbocycles. The molecule has 0 unspecified atom stereocenters. The van der Waals surface area contributed by atoms with Crippen molar-refractivity contribution >= 4 is 23.2 Å². The number of hydrogen-bond donors (Lipinski definition) is 2. The summed E-state index contributed by atoms with van der Waals surface area (Å²) in [6.07, 6.45) is 3.13. The van der Waals surface area contributed by atoms with Crippen LogP contribution in [0, 0.1) is 0 Å². The van der Waals surface area contributed by atoms with Crippen LogP contribution < -0.4 is 10.2 Å². The lowest BCUT2D eigenvalue weighted by Crippen LogP contribution is -2.44. The van der Waals surface area contributed by atoms with E-state index in [9.17, 15) is 9.90 Å². The molecule has 2 aliphatic heterocycles. The van der Waals surface area contributed by atoms with E-state index < -0.39 is 0 Å². The minimum atomic E-state index is -0.190. The predicted molar refractivity (Wildman–Crippen MR) is 119 cm³/mol. The molecule has 0 aliphatic carbocycles. The number of carbonyl (C=O) groups is 1. The van der Waals surface area contributed by atoms with Crippen molar-refractivity contribution in [2.24, 2.45) is 0 Å². The number of aliphatic hydroxyl groups is 1. The Balaban J connectivity index is 1.41. The first-order chi connectivity index (χ1) is 14.6. The van der Waals surface area contributed by atoms with Crippen molar-refractivity contribution < 1.29 is 14.6 Å². The van der Waals surface area contributed by atoms with Gasteiger partial charge in [0.25, 0.3) is 5.91 Å². The summed E-state index contributed by atoms with van der Waals surface area (Å²) >= 11 is 6.07. The SMILES string of the molecule is O=C(NCC1(c2ccc(Cl)cc2)CCOCC1)c1ccc(N2CCC(O)CC2)cc1. The number of piperidine rings is 1. The van der Waals surface area contributed by atoms with Crippen LogP contribution in [-0.2, 0) is 10.2 Å². The summed E-state index contributed by atoms with van der Waals surface area (Å²) in [5, 5.41) is 13.5. The smallest absolute Gasteiger partial charge is 0.251 e. The van der Waals surface area contributed by atoms with Gasteiger partial charge in [-0.3, -0.25) is 4.79 Å². The van der Waals surface area contributed by atoms with E-state index in [1.165, 1.54) is 5.56 Å². The molecular formula is C24H29ClN2O3. The maximum Gasteiger partial charge on any atom is 0.251 e. The van der Waals surface area contributed by atoms with Crippen LogP contribution >= 0.6 is 11.6 Å². The van der Waals surface area contributed by atoms with Crippen LogP contribution in [0.3, 0.4) is 0 Å². The number of nitrogens with zero attached hydrogens (tertiary/aromatic N) is 1. The first-order valence-corrected chi connectivity index (χ1v) is 11.1. The van der Waals surface area contributed by atoms with Gasteiger partial charge >= 0.3 is 0 Å². The van der Waals surface area contributed by atoms with Gasteiger partial charge in [-0.2, -0.15) is 0 Å². The number of rotatable bonds is 5. The molecule has 160 valence electrons. The third-order valence-corrected chi connectivity index (χ3v) is 6.70. The number of hydrogen-bond acceptors (Lipinski definition) is 4. The number of amides is 1. The maximum absolute atomic E-state index is 12.8. The molecule has 0 atom stereocenters. The van der Waals surface area contributed by atoms with Gasteiger partial charge < -0.3 is 20.1 Å². The highest BCUT2D eigenvalue weighted by Crippen LogP contribution is 2.35. The number of ether oxygens (including phenoxy) is 1. The van der Waals surface area contributed by atoms with Crippen molar-refractivity contribution in [1.29, 1.82) is 0 Å². The van der Waals surface area contributed by atoms with Crippen LogP contribution in [-0.4, -0.2) is 50.0 Å². The zero-order valence-corrected chi connectivity index (χ0v) is 17.9. The highest BCUT2D eigenvalue weighted by atomic mass is 35.5. The van der Waals surface area contributed by atoms with Crippen molar-refractivity contribution in [2.45, 2.75) is 37.2 Å². The fourth-order valence-corrected chi connectivity index (χ4v) is 4.56. The summed E-state index contributed by atoms with van der Waals surface area (Å²) in [4.78, 5) is 15.1. The minimum Gasteiger partial charge on any atom is -0.393 e. The number of anilines is 1. The van der Waals surface area contributed by atoms with Gasteiger partial charge in [0.1, 0.15) is 0 Å². The molecule has 5 nitrogen and oxygen atoms in total. The van der Waals surface area contributed by atoms with Gasteiger partial charge in [-0.25, -0.2) is 0 Å². The van der Waals surface area contributed by atoms with Gasteiger partial charge in [-0.15, -0.1) is 0 Å². The molecule has 4 rings (SSSR count). The van der Waals surface area contributed by atoms with Crippen LogP contribution in [0.4, 0.5) is 5.69 Å². The summed E-state index contributed by atoms with van der Waals surface area (Å²) < 4.78 is 5.58. The number of halogens is 1. The lowest BCUT2D eigenvalue weighted by molar-refractivity contribution is 0.0487. The quantitative estimate of drug-likeness (QED) is 0.760. The summed E-state index contributed by atoms with van der Waals surface area (Å²) in [5.74, 6) is -0.0598. The van der Waals surface area contributed by atoms with Crippen molar-refractivity contribution in [2.75, 3.05) is 37.7 Å². The lowest BCUT2D eigenvalue weighted by atomic mass is 9.74. The number of carbonyl (C=O) groups excluding carboxylic acids is 1. The molecule has 30 heavy (non-hydrogen) atoms. The summed E-state index contributed by atoms with van der Waals surface area (Å²) in [6, 6.07) is 15.7. The first-order valence-electron chi connectivity index (χ1n) is 10.7. The molecule has 0 bridgehead atoms. The molecule has 6 heteroatoms. The molecule has 0 radical (unpaired) electrons. The molecule has 2 aromatic rings. The van der Waals surface area contributed by atoms with Crippen LogP contribution in [0.2, 0.25) is 5.02 Å². The number of nitrogens with one attached hydrogen (secondary N) is 1. The Bertz CT molecular complexity index is 840. The fraction of sp³-hybridized carbons (Fsp3) is 0.458. The van der Waals surface area contributed by atoms with Crippen LogP contribution in [0.25, 0.3) is 0 Å². The van der Waals surface area contributed by atoms with Gasteiger partial charge in [-0.1, -0.05) is 23.7 Å². The monoisotopic (exact) mass is 428 g/mol. The molecule has 1 amide bonds. The average Bonchev–Trinajstić information content (AvgIpc) is 2.79. The van der Waals surface area contributed by atoms with Crippen LogP contribution in [0.1, 0.15) is 41.6 Å². The highest BCUT2D eigenvalue weighted by Gasteiger charge is 2.35. The molecule has 0 saturated carbocycles.